The van der Waals surface area contributed by atoms with Crippen molar-refractivity contribution in [1.29, 1.82) is 0 Å². The Morgan fingerprint density at radius 2 is 2.27 bits per heavy atom. The molecular weight excluding hydrogens is 210 g/mol. The Bertz CT molecular complexity index is 344. The molecule has 0 atom stereocenters. The minimum Gasteiger partial charge on any atom is -0.463 e. The van der Waals surface area contributed by atoms with Gasteiger partial charge < -0.3 is 9.73 Å². The number of thiocarbonyl (C=S) groups is 1. The lowest BCUT2D eigenvalue weighted by Crippen LogP contribution is -2.37. The van der Waals surface area contributed by atoms with E-state index in [2.05, 4.69) is 15.8 Å². The second kappa shape index (κ2) is 5.50. The molecule has 5 heteroatoms. The molecule has 15 heavy (non-hydrogen) atoms. The molecule has 1 aromatic rings. The summed E-state index contributed by atoms with van der Waals surface area (Å²) >= 11 is 5.02. The van der Waals surface area contributed by atoms with E-state index in [1.807, 2.05) is 32.9 Å². The molecule has 0 spiro atoms. The SMILES string of the molecule is C/C(=N/NC(=S)NC(C)C)c1ccco1. The molecule has 0 saturated heterocycles. The molecule has 0 aliphatic carbocycles. The van der Waals surface area contributed by atoms with Gasteiger partial charge in [-0.2, -0.15) is 5.10 Å². The van der Waals surface area contributed by atoms with Gasteiger partial charge in [0.05, 0.1) is 6.26 Å². The molecule has 2 N–H and O–H groups in total. The van der Waals surface area contributed by atoms with Gasteiger partial charge in [-0.25, -0.2) is 0 Å². The number of hydrogen-bond acceptors (Lipinski definition) is 3. The minimum atomic E-state index is 0.295. The predicted octanol–water partition coefficient (Wildman–Crippen LogP) is 1.88. The molecule has 0 unspecified atom stereocenters. The Kier molecular flexibility index (Phi) is 4.30. The fourth-order valence-corrected chi connectivity index (χ4v) is 1.25. The van der Waals surface area contributed by atoms with Crippen molar-refractivity contribution in [2.45, 2.75) is 26.8 Å². The van der Waals surface area contributed by atoms with Gasteiger partial charge in [0.15, 0.2) is 5.11 Å². The molecule has 1 heterocycles. The zero-order valence-corrected chi connectivity index (χ0v) is 9.89. The Labute approximate surface area is 94.7 Å². The smallest absolute Gasteiger partial charge is 0.187 e. The van der Waals surface area contributed by atoms with Gasteiger partial charge in [0.2, 0.25) is 0 Å². The molecule has 0 aliphatic heterocycles. The van der Waals surface area contributed by atoms with Crippen molar-refractivity contribution < 1.29 is 4.42 Å². The van der Waals surface area contributed by atoms with Gasteiger partial charge in [0.25, 0.3) is 0 Å². The highest BCUT2D eigenvalue weighted by molar-refractivity contribution is 7.80. The zero-order chi connectivity index (χ0) is 11.3. The standard InChI is InChI=1S/C10H15N3OS/c1-7(2)11-10(15)13-12-8(3)9-5-4-6-14-9/h4-7H,1-3H3,(H2,11,13,15)/b12-8-. The third-order valence-electron chi connectivity index (χ3n) is 1.62. The van der Waals surface area contributed by atoms with E-state index in [-0.39, 0.29) is 0 Å². The maximum absolute atomic E-state index is 5.17. The average molecular weight is 225 g/mol. The first-order valence-electron chi connectivity index (χ1n) is 4.74. The average Bonchev–Trinajstić information content (AvgIpc) is 2.65. The van der Waals surface area contributed by atoms with E-state index in [9.17, 15) is 0 Å². The molecule has 0 radical (unpaired) electrons. The Hall–Kier alpha value is -1.36. The van der Waals surface area contributed by atoms with Crippen LogP contribution < -0.4 is 10.7 Å². The molecule has 4 nitrogen and oxygen atoms in total. The van der Waals surface area contributed by atoms with E-state index in [0.29, 0.717) is 11.2 Å². The molecular formula is C10H15N3OS. The fourth-order valence-electron chi connectivity index (χ4n) is 0.969. The molecule has 1 aromatic heterocycles. The van der Waals surface area contributed by atoms with Crippen LogP contribution >= 0.6 is 12.2 Å². The quantitative estimate of drug-likeness (QED) is 0.468. The lowest BCUT2D eigenvalue weighted by atomic mass is 10.3. The van der Waals surface area contributed by atoms with Gasteiger partial charge in [0.1, 0.15) is 11.5 Å². The van der Waals surface area contributed by atoms with Gasteiger partial charge in [0, 0.05) is 6.04 Å². The Balaban J connectivity index is 2.48. The first kappa shape index (κ1) is 11.7. The summed E-state index contributed by atoms with van der Waals surface area (Å²) < 4.78 is 5.17. The fraction of sp³-hybridized carbons (Fsp3) is 0.400. The van der Waals surface area contributed by atoms with Crippen LogP contribution in [0.3, 0.4) is 0 Å². The Morgan fingerprint density at radius 3 is 2.80 bits per heavy atom. The van der Waals surface area contributed by atoms with Crippen molar-refractivity contribution >= 4 is 23.0 Å². The van der Waals surface area contributed by atoms with Crippen LogP contribution in [-0.4, -0.2) is 16.9 Å². The van der Waals surface area contributed by atoms with E-state index in [1.165, 1.54) is 0 Å². The van der Waals surface area contributed by atoms with Crippen molar-refractivity contribution in [2.75, 3.05) is 0 Å². The third-order valence-corrected chi connectivity index (χ3v) is 1.83. The second-order valence-corrected chi connectivity index (χ2v) is 3.82. The highest BCUT2D eigenvalue weighted by Crippen LogP contribution is 2.00. The minimum absolute atomic E-state index is 0.295. The van der Waals surface area contributed by atoms with Crippen molar-refractivity contribution in [3.05, 3.63) is 24.2 Å². The number of hydrazone groups is 1. The van der Waals surface area contributed by atoms with Crippen molar-refractivity contribution in [3.63, 3.8) is 0 Å². The molecule has 0 fully saturated rings. The van der Waals surface area contributed by atoms with Crippen LogP contribution in [0.1, 0.15) is 26.5 Å². The number of hydrogen-bond donors (Lipinski definition) is 2. The molecule has 0 bridgehead atoms. The summed E-state index contributed by atoms with van der Waals surface area (Å²) in [4.78, 5) is 0. The van der Waals surface area contributed by atoms with Gasteiger partial charge in [-0.15, -0.1) is 0 Å². The number of nitrogens with one attached hydrogen (secondary N) is 2. The van der Waals surface area contributed by atoms with Gasteiger partial charge in [-0.05, 0) is 45.1 Å². The third kappa shape index (κ3) is 4.12. The molecule has 0 amide bonds. The number of furan rings is 1. The summed E-state index contributed by atoms with van der Waals surface area (Å²) in [5.74, 6) is 0.731. The molecule has 0 aromatic carbocycles. The summed E-state index contributed by atoms with van der Waals surface area (Å²) in [7, 11) is 0. The van der Waals surface area contributed by atoms with E-state index >= 15 is 0 Å². The van der Waals surface area contributed by atoms with Crippen LogP contribution in [0.25, 0.3) is 0 Å². The van der Waals surface area contributed by atoms with Crippen molar-refractivity contribution in [3.8, 4) is 0 Å². The van der Waals surface area contributed by atoms with E-state index in [0.717, 1.165) is 11.5 Å². The van der Waals surface area contributed by atoms with Crippen molar-refractivity contribution in [1.82, 2.24) is 10.7 Å². The lowest BCUT2D eigenvalue weighted by molar-refractivity contribution is 0.556. The van der Waals surface area contributed by atoms with Crippen LogP contribution in [0, 0.1) is 0 Å². The van der Waals surface area contributed by atoms with Crippen LogP contribution in [0.2, 0.25) is 0 Å². The first-order chi connectivity index (χ1) is 7.09. The van der Waals surface area contributed by atoms with Crippen LogP contribution in [-0.2, 0) is 0 Å². The maximum atomic E-state index is 5.17. The van der Waals surface area contributed by atoms with Crippen LogP contribution in [0.5, 0.6) is 0 Å². The summed E-state index contributed by atoms with van der Waals surface area (Å²) in [5, 5.41) is 7.62. The molecule has 0 saturated carbocycles. The monoisotopic (exact) mass is 225 g/mol. The highest BCUT2D eigenvalue weighted by Gasteiger charge is 2.00. The Morgan fingerprint density at radius 1 is 1.53 bits per heavy atom. The second-order valence-electron chi connectivity index (χ2n) is 3.41. The largest absolute Gasteiger partial charge is 0.463 e. The van der Waals surface area contributed by atoms with Gasteiger partial charge in [-0.1, -0.05) is 0 Å². The predicted molar refractivity (Wildman–Crippen MR) is 64.9 cm³/mol. The summed E-state index contributed by atoms with van der Waals surface area (Å²) in [6.45, 7) is 5.87. The van der Waals surface area contributed by atoms with Crippen LogP contribution in [0.4, 0.5) is 0 Å². The highest BCUT2D eigenvalue weighted by atomic mass is 32.1. The van der Waals surface area contributed by atoms with E-state index in [1.54, 1.807) is 6.26 Å². The molecule has 82 valence electrons. The summed E-state index contributed by atoms with van der Waals surface area (Å²) in [6.07, 6.45) is 1.61. The lowest BCUT2D eigenvalue weighted by Gasteiger charge is -2.09. The number of rotatable bonds is 3. The normalized spacial score (nSPS) is 11.6. The molecule has 1 rings (SSSR count). The summed E-state index contributed by atoms with van der Waals surface area (Å²) in [5.41, 5.74) is 3.51. The zero-order valence-electron chi connectivity index (χ0n) is 9.07. The van der Waals surface area contributed by atoms with E-state index < -0.39 is 0 Å². The van der Waals surface area contributed by atoms with Crippen molar-refractivity contribution in [2.24, 2.45) is 5.10 Å². The van der Waals surface area contributed by atoms with E-state index in [4.69, 9.17) is 16.6 Å². The maximum Gasteiger partial charge on any atom is 0.187 e. The van der Waals surface area contributed by atoms with Gasteiger partial charge >= 0.3 is 0 Å². The van der Waals surface area contributed by atoms with Gasteiger partial charge in [-0.3, -0.25) is 5.43 Å². The topological polar surface area (TPSA) is 49.6 Å². The first-order valence-corrected chi connectivity index (χ1v) is 5.15. The van der Waals surface area contributed by atoms with Crippen LogP contribution in [0.15, 0.2) is 27.9 Å². The number of nitrogens with zero attached hydrogens (tertiary/aromatic N) is 1. The molecule has 0 aliphatic rings. The summed E-state index contributed by atoms with van der Waals surface area (Å²) in [6, 6.07) is 3.96.